The molecule has 0 amide bonds. The molecule has 0 bridgehead atoms. The van der Waals surface area contributed by atoms with Gasteiger partial charge in [0.2, 0.25) is 0 Å². The minimum absolute atomic E-state index is 0.0901. The van der Waals surface area contributed by atoms with Gasteiger partial charge in [-0.1, -0.05) is 0 Å². The van der Waals surface area contributed by atoms with Crippen LogP contribution in [-0.4, -0.2) is 39.5 Å². The number of nitrogens with zero attached hydrogens (tertiary/aromatic N) is 2. The normalized spacial score (nSPS) is 12.0. The van der Waals surface area contributed by atoms with Gasteiger partial charge in [-0.3, -0.25) is 15.1 Å². The zero-order valence-electron chi connectivity index (χ0n) is 13.4. The smallest absolute Gasteiger partial charge is 0.334 e. The van der Waals surface area contributed by atoms with Crippen LogP contribution in [0.25, 0.3) is 0 Å². The van der Waals surface area contributed by atoms with Crippen molar-refractivity contribution in [2.24, 2.45) is 4.99 Å². The van der Waals surface area contributed by atoms with E-state index in [2.05, 4.69) is 11.5 Å². The van der Waals surface area contributed by atoms with Crippen LogP contribution in [0.5, 0.6) is 0 Å². The molecule has 7 heteroatoms. The third-order valence-electron chi connectivity index (χ3n) is 3.16. The molecule has 0 saturated carbocycles. The lowest BCUT2D eigenvalue weighted by atomic mass is 10.2. The van der Waals surface area contributed by atoms with Crippen molar-refractivity contribution < 1.29 is 13.8 Å². The molecule has 6 nitrogen and oxygen atoms in total. The summed E-state index contributed by atoms with van der Waals surface area (Å²) in [5, 5.41) is 10.6. The van der Waals surface area contributed by atoms with E-state index in [-0.39, 0.29) is 5.69 Å². The van der Waals surface area contributed by atoms with E-state index >= 15 is 0 Å². The maximum atomic E-state index is 10.6. The maximum absolute atomic E-state index is 10.6. The number of rotatable bonds is 10. The first-order valence-electron chi connectivity index (χ1n) is 7.53. The van der Waals surface area contributed by atoms with E-state index in [1.165, 1.54) is 12.1 Å². The van der Waals surface area contributed by atoms with E-state index in [9.17, 15) is 10.1 Å². The number of hydrogen-bond donors (Lipinski definition) is 0. The van der Waals surface area contributed by atoms with Crippen LogP contribution in [0.4, 0.5) is 5.69 Å². The average Bonchev–Trinajstić information content (AvgIpc) is 2.48. The van der Waals surface area contributed by atoms with Crippen molar-refractivity contribution in [1.29, 1.82) is 0 Å². The molecule has 0 unspecified atom stereocenters. The van der Waals surface area contributed by atoms with Gasteiger partial charge in [-0.15, -0.1) is 0 Å². The first-order chi connectivity index (χ1) is 10.5. The van der Waals surface area contributed by atoms with Gasteiger partial charge in [-0.25, -0.2) is 0 Å². The molecule has 0 spiro atoms. The zero-order chi connectivity index (χ0) is 16.4. The summed E-state index contributed by atoms with van der Waals surface area (Å²) < 4.78 is 11.5. The molecular weight excluding hydrogens is 300 g/mol. The van der Waals surface area contributed by atoms with E-state index in [1.54, 1.807) is 18.3 Å². The van der Waals surface area contributed by atoms with Crippen molar-refractivity contribution in [1.82, 2.24) is 0 Å². The lowest BCUT2D eigenvalue weighted by Crippen LogP contribution is -2.38. The highest BCUT2D eigenvalue weighted by Crippen LogP contribution is 2.16. The van der Waals surface area contributed by atoms with Gasteiger partial charge in [0.1, 0.15) is 0 Å². The van der Waals surface area contributed by atoms with Gasteiger partial charge in [-0.05, 0) is 50.6 Å². The van der Waals surface area contributed by atoms with Crippen LogP contribution in [0.3, 0.4) is 0 Å². The lowest BCUT2D eigenvalue weighted by Gasteiger charge is -2.25. The predicted octanol–water partition coefficient (Wildman–Crippen LogP) is 3.55. The van der Waals surface area contributed by atoms with Crippen LogP contribution in [0.15, 0.2) is 29.3 Å². The van der Waals surface area contributed by atoms with E-state index < -0.39 is 13.5 Å². The third kappa shape index (κ3) is 6.46. The zero-order valence-corrected chi connectivity index (χ0v) is 14.4. The summed E-state index contributed by atoms with van der Waals surface area (Å²) in [7, 11) is -2.05. The molecule has 0 N–H and O–H groups in total. The highest BCUT2D eigenvalue weighted by molar-refractivity contribution is 6.66. The van der Waals surface area contributed by atoms with Crippen LogP contribution in [0.1, 0.15) is 25.8 Å². The first-order valence-corrected chi connectivity index (χ1v) is 10.1. The molecule has 0 radical (unpaired) electrons. The van der Waals surface area contributed by atoms with Gasteiger partial charge in [0.15, 0.2) is 0 Å². The van der Waals surface area contributed by atoms with E-state index in [0.29, 0.717) is 19.8 Å². The van der Waals surface area contributed by atoms with Gasteiger partial charge in [0.05, 0.1) is 4.92 Å². The number of non-ortho nitro benzene ring substituents is 1. The van der Waals surface area contributed by atoms with Gasteiger partial charge in [0, 0.05) is 38.1 Å². The monoisotopic (exact) mass is 324 g/mol. The number of nitro benzene ring substituents is 1. The summed E-state index contributed by atoms with van der Waals surface area (Å²) in [5.74, 6) is 0. The minimum atomic E-state index is -2.05. The van der Waals surface area contributed by atoms with Crippen molar-refractivity contribution in [2.45, 2.75) is 32.9 Å². The number of aliphatic imine (C=N–C) groups is 1. The lowest BCUT2D eigenvalue weighted by molar-refractivity contribution is -0.384. The standard InChI is InChI=1S/C15H24N2O4Si/c1-4-20-22(3,21-5-2)12-6-11-16-13-14-7-9-15(10-8-14)17(18)19/h7-10,13H,4-6,11-12H2,1-3H3. The van der Waals surface area contributed by atoms with Crippen LogP contribution in [0, 0.1) is 10.1 Å². The SMILES string of the molecule is CCO[Si](C)(CCCN=Cc1ccc([N+](=O)[O-])cc1)OCC. The van der Waals surface area contributed by atoms with Gasteiger partial charge < -0.3 is 8.85 Å². The second kappa shape index (κ2) is 9.45. The Morgan fingerprint density at radius 2 is 1.82 bits per heavy atom. The van der Waals surface area contributed by atoms with Crippen molar-refractivity contribution in [3.63, 3.8) is 0 Å². The average molecular weight is 324 g/mol. The Morgan fingerprint density at radius 3 is 2.32 bits per heavy atom. The van der Waals surface area contributed by atoms with Crippen molar-refractivity contribution in [3.05, 3.63) is 39.9 Å². The Labute approximate surface area is 132 Å². The summed E-state index contributed by atoms with van der Waals surface area (Å²) in [6, 6.07) is 7.26. The highest BCUT2D eigenvalue weighted by Gasteiger charge is 2.29. The van der Waals surface area contributed by atoms with E-state index in [4.69, 9.17) is 8.85 Å². The van der Waals surface area contributed by atoms with Crippen molar-refractivity contribution >= 4 is 20.5 Å². The Kier molecular flexibility index (Phi) is 7.93. The fourth-order valence-corrected chi connectivity index (χ4v) is 4.53. The summed E-state index contributed by atoms with van der Waals surface area (Å²) in [5.41, 5.74) is 0.951. The van der Waals surface area contributed by atoms with Crippen LogP contribution in [0.2, 0.25) is 12.6 Å². The fourth-order valence-electron chi connectivity index (χ4n) is 2.14. The van der Waals surface area contributed by atoms with E-state index in [1.807, 2.05) is 13.8 Å². The summed E-state index contributed by atoms with van der Waals surface area (Å²) in [6.45, 7) is 8.09. The van der Waals surface area contributed by atoms with Crippen molar-refractivity contribution in [3.8, 4) is 0 Å². The molecule has 1 rings (SSSR count). The quantitative estimate of drug-likeness (QED) is 0.217. The molecule has 0 aliphatic heterocycles. The second-order valence-electron chi connectivity index (χ2n) is 4.99. The van der Waals surface area contributed by atoms with Gasteiger partial charge >= 0.3 is 8.56 Å². The van der Waals surface area contributed by atoms with Gasteiger partial charge in [-0.2, -0.15) is 0 Å². The van der Waals surface area contributed by atoms with Crippen molar-refractivity contribution in [2.75, 3.05) is 19.8 Å². The summed E-state index contributed by atoms with van der Waals surface area (Å²) in [6.07, 6.45) is 2.65. The predicted molar refractivity (Wildman–Crippen MR) is 89.9 cm³/mol. The minimum Gasteiger partial charge on any atom is -0.395 e. The third-order valence-corrected chi connectivity index (χ3v) is 6.22. The number of nitro groups is 1. The number of benzene rings is 1. The molecule has 0 saturated heterocycles. The Bertz CT molecular complexity index is 485. The fraction of sp³-hybridized carbons (Fsp3) is 0.533. The molecule has 0 aliphatic carbocycles. The highest BCUT2D eigenvalue weighted by atomic mass is 28.4. The molecule has 0 heterocycles. The van der Waals surface area contributed by atoms with E-state index in [0.717, 1.165) is 18.0 Å². The van der Waals surface area contributed by atoms with Crippen LogP contribution < -0.4 is 0 Å². The first kappa shape index (κ1) is 18.5. The molecule has 1 aromatic carbocycles. The second-order valence-corrected chi connectivity index (χ2v) is 8.33. The molecule has 122 valence electrons. The largest absolute Gasteiger partial charge is 0.395 e. The Morgan fingerprint density at radius 1 is 1.23 bits per heavy atom. The topological polar surface area (TPSA) is 74.0 Å². The van der Waals surface area contributed by atoms with Crippen LogP contribution >= 0.6 is 0 Å². The molecule has 0 aliphatic rings. The molecule has 0 fully saturated rings. The van der Waals surface area contributed by atoms with Gasteiger partial charge in [0.25, 0.3) is 5.69 Å². The molecule has 0 atom stereocenters. The number of hydrogen-bond acceptors (Lipinski definition) is 5. The molecule has 0 aromatic heterocycles. The summed E-state index contributed by atoms with van der Waals surface area (Å²) >= 11 is 0. The summed E-state index contributed by atoms with van der Waals surface area (Å²) in [4.78, 5) is 14.5. The molecular formula is C15H24N2O4Si. The Hall–Kier alpha value is -1.57. The maximum Gasteiger partial charge on any atom is 0.334 e. The molecule has 22 heavy (non-hydrogen) atoms. The Balaban J connectivity index is 2.41. The van der Waals surface area contributed by atoms with Crippen LogP contribution in [-0.2, 0) is 8.85 Å². The molecule has 1 aromatic rings.